The molecule has 0 saturated heterocycles. The zero-order valence-electron chi connectivity index (χ0n) is 16.8. The molecule has 6 nitrogen and oxygen atoms in total. The summed E-state index contributed by atoms with van der Waals surface area (Å²) in [4.78, 5) is 0. The van der Waals surface area contributed by atoms with E-state index in [1.165, 1.54) is 0 Å². The molecule has 0 bridgehead atoms. The third kappa shape index (κ3) is 3.88. The van der Waals surface area contributed by atoms with E-state index in [9.17, 15) is 0 Å². The molecule has 132 valence electrons. The maximum atomic E-state index is 2.47. The van der Waals surface area contributed by atoms with Gasteiger partial charge in [0.05, 0.1) is 0 Å². The second-order valence-corrected chi connectivity index (χ2v) is 15.9. The van der Waals surface area contributed by atoms with Crippen LogP contribution in [0.1, 0.15) is 0 Å². The van der Waals surface area contributed by atoms with E-state index in [1.807, 2.05) is 0 Å². The van der Waals surface area contributed by atoms with Crippen LogP contribution in [0.2, 0.25) is 0 Å². The lowest BCUT2D eigenvalue weighted by Crippen LogP contribution is -2.71. The molecule has 0 fully saturated rings. The highest BCUT2D eigenvalue weighted by atomic mass is 28.4. The minimum absolute atomic E-state index is 2.00. The topological polar surface area (TPSA) is 19.4 Å². The maximum absolute atomic E-state index is 2.47. The van der Waals surface area contributed by atoms with E-state index in [4.69, 9.17) is 0 Å². The molecule has 0 saturated carbocycles. The molecular formula is C14H38N6Si2. The van der Waals surface area contributed by atoms with Crippen molar-refractivity contribution >= 4 is 17.1 Å². The summed E-state index contributed by atoms with van der Waals surface area (Å²) >= 11 is 0. The van der Waals surface area contributed by atoms with Crippen LogP contribution >= 0.6 is 0 Å². The summed E-state index contributed by atoms with van der Waals surface area (Å²) in [5, 5.41) is 0. The summed E-state index contributed by atoms with van der Waals surface area (Å²) in [5.41, 5.74) is 4.94. The van der Waals surface area contributed by atoms with Crippen molar-refractivity contribution in [1.29, 1.82) is 0 Å². The van der Waals surface area contributed by atoms with Crippen molar-refractivity contribution in [3.05, 3.63) is 11.4 Å². The van der Waals surface area contributed by atoms with Gasteiger partial charge in [-0.25, -0.2) is 0 Å². The smallest absolute Gasteiger partial charge is 0.302 e. The van der Waals surface area contributed by atoms with Crippen LogP contribution in [0.25, 0.3) is 0 Å². The highest BCUT2D eigenvalue weighted by molar-refractivity contribution is 6.82. The number of nitrogens with zero attached hydrogens (tertiary/aromatic N) is 6. The van der Waals surface area contributed by atoms with Crippen LogP contribution in [-0.4, -0.2) is 129 Å². The van der Waals surface area contributed by atoms with Crippen molar-refractivity contribution in [3.8, 4) is 0 Å². The lowest BCUT2D eigenvalue weighted by Gasteiger charge is -2.47. The summed E-state index contributed by atoms with van der Waals surface area (Å²) in [7, 11) is 22.2. The molecule has 0 aromatic heterocycles. The molecule has 22 heavy (non-hydrogen) atoms. The normalized spacial score (nSPS) is 14.8. The van der Waals surface area contributed by atoms with Crippen molar-refractivity contribution in [2.45, 2.75) is 0 Å². The fraction of sp³-hybridized carbons (Fsp3) is 0.857. The molecular weight excluding hydrogens is 308 g/mol. The molecule has 0 atom stereocenters. The fourth-order valence-corrected chi connectivity index (χ4v) is 11.9. The molecule has 0 aliphatic carbocycles. The van der Waals surface area contributed by atoms with E-state index in [1.54, 1.807) is 0 Å². The van der Waals surface area contributed by atoms with Crippen molar-refractivity contribution < 1.29 is 0 Å². The molecule has 8 heteroatoms. The van der Waals surface area contributed by atoms with Gasteiger partial charge in [-0.3, -0.25) is 0 Å². The van der Waals surface area contributed by atoms with E-state index >= 15 is 0 Å². The van der Waals surface area contributed by atoms with Crippen molar-refractivity contribution in [3.63, 3.8) is 0 Å². The summed E-state index contributed by atoms with van der Waals surface area (Å²) in [5.74, 6) is 0. The van der Waals surface area contributed by atoms with E-state index < -0.39 is 17.1 Å². The standard InChI is InChI=1S/C14H38N6Si2/c1-15(2)21(16(3)4,17(5)6)13-14-22(18(7)8,19(9)10)20(11)12/h13-14H,1-12H3/b14-13+. The van der Waals surface area contributed by atoms with E-state index in [0.29, 0.717) is 0 Å². The largest absolute Gasteiger partial charge is 0.314 e. The summed E-state index contributed by atoms with van der Waals surface area (Å²) in [6.45, 7) is 0. The molecule has 0 radical (unpaired) electrons. The SMILES string of the molecule is CN(C)[Si](/C=C/[Si](N(C)C)(N(C)C)N(C)C)(N(C)C)N(C)C. The Morgan fingerprint density at radius 1 is 0.364 bits per heavy atom. The Labute approximate surface area is 141 Å². The number of hydrogen-bond acceptors (Lipinski definition) is 6. The predicted octanol–water partition coefficient (Wildman–Crippen LogP) is -0.132. The molecule has 0 aliphatic rings. The average Bonchev–Trinajstić information content (AvgIpc) is 2.31. The van der Waals surface area contributed by atoms with Crippen LogP contribution in [0.15, 0.2) is 11.4 Å². The molecule has 0 aliphatic heterocycles. The highest BCUT2D eigenvalue weighted by Gasteiger charge is 2.45. The van der Waals surface area contributed by atoms with E-state index in [0.717, 1.165) is 0 Å². The lowest BCUT2D eigenvalue weighted by molar-refractivity contribution is 0.389. The minimum Gasteiger partial charge on any atom is -0.302 e. The van der Waals surface area contributed by atoms with E-state index in [-0.39, 0.29) is 0 Å². The first-order valence-corrected chi connectivity index (χ1v) is 11.5. The summed E-state index contributed by atoms with van der Waals surface area (Å²) < 4.78 is 14.3. The van der Waals surface area contributed by atoms with Crippen molar-refractivity contribution in [2.75, 3.05) is 84.6 Å². The van der Waals surface area contributed by atoms with Gasteiger partial charge in [0.1, 0.15) is 0 Å². The van der Waals surface area contributed by atoms with Gasteiger partial charge in [-0.15, -0.1) is 0 Å². The Morgan fingerprint density at radius 3 is 0.591 bits per heavy atom. The molecule has 0 rings (SSSR count). The Balaban J connectivity index is 6.10. The van der Waals surface area contributed by atoms with Gasteiger partial charge in [0.25, 0.3) is 0 Å². The molecule has 0 aromatic rings. The van der Waals surface area contributed by atoms with Gasteiger partial charge >= 0.3 is 17.1 Å². The third-order valence-electron chi connectivity index (χ3n) is 4.48. The van der Waals surface area contributed by atoms with Crippen LogP contribution in [0.4, 0.5) is 0 Å². The Hall–Kier alpha value is -0.0662. The first-order chi connectivity index (χ1) is 9.87. The highest BCUT2D eigenvalue weighted by Crippen LogP contribution is 2.20. The van der Waals surface area contributed by atoms with Gasteiger partial charge in [0.15, 0.2) is 0 Å². The Kier molecular flexibility index (Phi) is 8.13. The van der Waals surface area contributed by atoms with Crippen LogP contribution in [0.5, 0.6) is 0 Å². The molecule has 0 amide bonds. The maximum Gasteiger partial charge on any atom is 0.314 e. The van der Waals surface area contributed by atoms with Gasteiger partial charge in [0.2, 0.25) is 0 Å². The summed E-state index contributed by atoms with van der Waals surface area (Å²) in [6.07, 6.45) is 0. The molecule has 0 N–H and O–H groups in total. The van der Waals surface area contributed by atoms with Gasteiger partial charge < -0.3 is 27.4 Å². The average molecular weight is 347 g/mol. The first kappa shape index (κ1) is 21.9. The van der Waals surface area contributed by atoms with Crippen molar-refractivity contribution in [1.82, 2.24) is 27.4 Å². The zero-order chi connectivity index (χ0) is 17.9. The Morgan fingerprint density at radius 2 is 0.500 bits per heavy atom. The fourth-order valence-electron chi connectivity index (χ4n) is 3.52. The van der Waals surface area contributed by atoms with E-state index in [2.05, 4.69) is 123 Å². The van der Waals surface area contributed by atoms with Gasteiger partial charge in [-0.1, -0.05) is 11.4 Å². The first-order valence-electron chi connectivity index (χ1n) is 7.62. The van der Waals surface area contributed by atoms with Gasteiger partial charge in [0, 0.05) is 0 Å². The van der Waals surface area contributed by atoms with Crippen LogP contribution in [0.3, 0.4) is 0 Å². The number of rotatable bonds is 8. The predicted molar refractivity (Wildman–Crippen MR) is 103 cm³/mol. The van der Waals surface area contributed by atoms with Gasteiger partial charge in [-0.2, -0.15) is 0 Å². The third-order valence-corrected chi connectivity index (χ3v) is 13.9. The molecule has 0 unspecified atom stereocenters. The zero-order valence-corrected chi connectivity index (χ0v) is 18.8. The second kappa shape index (κ2) is 8.16. The molecule has 0 aromatic carbocycles. The van der Waals surface area contributed by atoms with Crippen LogP contribution < -0.4 is 0 Å². The Bertz CT molecular complexity index is 289. The number of hydrogen-bond donors (Lipinski definition) is 0. The molecule has 0 heterocycles. The van der Waals surface area contributed by atoms with Gasteiger partial charge in [-0.05, 0) is 84.6 Å². The molecule has 0 spiro atoms. The minimum atomic E-state index is -2.00. The van der Waals surface area contributed by atoms with Crippen LogP contribution in [0, 0.1) is 0 Å². The summed E-state index contributed by atoms with van der Waals surface area (Å²) in [6, 6.07) is 0. The lowest BCUT2D eigenvalue weighted by atomic mass is 11.2. The van der Waals surface area contributed by atoms with Crippen LogP contribution in [-0.2, 0) is 0 Å². The quantitative estimate of drug-likeness (QED) is 0.566. The second-order valence-electron chi connectivity index (χ2n) is 7.07. The monoisotopic (exact) mass is 346 g/mol. The van der Waals surface area contributed by atoms with Crippen molar-refractivity contribution in [2.24, 2.45) is 0 Å².